The van der Waals surface area contributed by atoms with Crippen LogP contribution in [0.1, 0.15) is 60.9 Å². The van der Waals surface area contributed by atoms with E-state index in [-0.39, 0.29) is 42.0 Å². The minimum Gasteiger partial charge on any atom is -0.397 e. The molecule has 4 aliphatic heterocycles. The van der Waals surface area contributed by atoms with Gasteiger partial charge in [-0.05, 0) is 127 Å². The molecule has 4 amide bonds. The van der Waals surface area contributed by atoms with Crippen molar-refractivity contribution in [3.63, 3.8) is 0 Å². The molecule has 11 nitrogen and oxygen atoms in total. The van der Waals surface area contributed by atoms with Gasteiger partial charge in [-0.3, -0.25) is 14.4 Å². The van der Waals surface area contributed by atoms with E-state index in [1.54, 1.807) is 17.0 Å². The molecule has 2 aromatic carbocycles. The maximum atomic E-state index is 14.1. The van der Waals surface area contributed by atoms with Crippen molar-refractivity contribution in [3.8, 4) is 0 Å². The van der Waals surface area contributed by atoms with Crippen molar-refractivity contribution in [3.05, 3.63) is 56.5 Å². The first-order valence-electron chi connectivity index (χ1n) is 17.0. The van der Waals surface area contributed by atoms with E-state index in [1.807, 2.05) is 29.2 Å². The topological polar surface area (TPSA) is 131 Å². The Balaban J connectivity index is 1.11. The minimum atomic E-state index is -0.992. The van der Waals surface area contributed by atoms with E-state index in [9.17, 15) is 19.2 Å². The molecular formula is C35H45Br2N7O4. The van der Waals surface area contributed by atoms with E-state index in [1.165, 1.54) is 0 Å². The molecule has 4 heterocycles. The van der Waals surface area contributed by atoms with Crippen LogP contribution in [0.25, 0.3) is 0 Å². The number of anilines is 2. The molecule has 0 radical (unpaired) electrons. The maximum absolute atomic E-state index is 14.1. The normalized spacial score (nSPS) is 21.0. The number of amides is 4. The van der Waals surface area contributed by atoms with Crippen LogP contribution in [0.2, 0.25) is 0 Å². The Morgan fingerprint density at radius 3 is 2.21 bits per heavy atom. The third kappa shape index (κ3) is 7.90. The van der Waals surface area contributed by atoms with Gasteiger partial charge in [0.15, 0.2) is 5.78 Å². The number of urea groups is 1. The smallest absolute Gasteiger partial charge is 0.322 e. The van der Waals surface area contributed by atoms with E-state index in [4.69, 9.17) is 5.73 Å². The number of nitrogens with zero attached hydrogens (tertiary/aromatic N) is 4. The van der Waals surface area contributed by atoms with Crippen LogP contribution >= 0.6 is 31.9 Å². The van der Waals surface area contributed by atoms with Gasteiger partial charge in [0.25, 0.3) is 0 Å². The van der Waals surface area contributed by atoms with Gasteiger partial charge in [-0.25, -0.2) is 4.79 Å². The van der Waals surface area contributed by atoms with Gasteiger partial charge in [0.1, 0.15) is 6.04 Å². The molecule has 0 saturated carbocycles. The Morgan fingerprint density at radius 2 is 1.54 bits per heavy atom. The van der Waals surface area contributed by atoms with Crippen LogP contribution in [0.4, 0.5) is 16.2 Å². The summed E-state index contributed by atoms with van der Waals surface area (Å²) < 4.78 is 1.16. The highest BCUT2D eigenvalue weighted by Gasteiger charge is 2.37. The lowest BCUT2D eigenvalue weighted by Gasteiger charge is -2.42. The molecular weight excluding hydrogens is 742 g/mol. The first-order chi connectivity index (χ1) is 23.1. The van der Waals surface area contributed by atoms with Crippen molar-refractivity contribution in [1.29, 1.82) is 0 Å². The summed E-state index contributed by atoms with van der Waals surface area (Å²) in [5, 5.41) is 6.00. The zero-order valence-electron chi connectivity index (χ0n) is 27.4. The molecule has 4 N–H and O–H groups in total. The predicted molar refractivity (Wildman–Crippen MR) is 193 cm³/mol. The number of nitrogens with one attached hydrogen (secondary N) is 2. The molecule has 1 atom stereocenters. The predicted octanol–water partition coefficient (Wildman–Crippen LogP) is 4.70. The van der Waals surface area contributed by atoms with Gasteiger partial charge in [0.2, 0.25) is 11.8 Å². The molecule has 1 unspecified atom stereocenters. The van der Waals surface area contributed by atoms with Crippen LogP contribution < -0.4 is 16.4 Å². The lowest BCUT2D eigenvalue weighted by molar-refractivity contribution is -0.139. The number of nitrogens with two attached hydrogens (primary N) is 1. The van der Waals surface area contributed by atoms with Crippen LogP contribution in [-0.2, 0) is 16.1 Å². The van der Waals surface area contributed by atoms with Crippen LogP contribution in [0, 0.1) is 5.92 Å². The SMILES string of the molecule is CN1CCC(N2CCC(C(=O)NC(CC(=O)c3cc(Br)c(N)c(Br)c3)C(=O)N3CCC(N4Cc5ccccc5NC4=O)CC3)CC2)CC1. The van der Waals surface area contributed by atoms with Gasteiger partial charge in [-0.2, -0.15) is 0 Å². The average molecular weight is 788 g/mol. The molecule has 4 aliphatic rings. The zero-order valence-corrected chi connectivity index (χ0v) is 30.6. The number of piperidine rings is 3. The fourth-order valence-corrected chi connectivity index (χ4v) is 8.75. The largest absolute Gasteiger partial charge is 0.397 e. The van der Waals surface area contributed by atoms with E-state index in [0.29, 0.717) is 58.7 Å². The number of carbonyl (C=O) groups excluding carboxylic acids is 4. The van der Waals surface area contributed by atoms with Gasteiger partial charge in [0.05, 0.1) is 5.69 Å². The van der Waals surface area contributed by atoms with Crippen LogP contribution in [0.15, 0.2) is 45.3 Å². The number of likely N-dealkylation sites (tertiary alicyclic amines) is 3. The Hall–Kier alpha value is -3.00. The second-order valence-corrected chi connectivity index (χ2v) is 15.4. The molecule has 0 bridgehead atoms. The first-order valence-corrected chi connectivity index (χ1v) is 18.6. The number of hydrogen-bond acceptors (Lipinski definition) is 7. The highest BCUT2D eigenvalue weighted by Crippen LogP contribution is 2.31. The Bertz CT molecular complexity index is 1510. The first kappa shape index (κ1) is 34.8. The molecule has 0 spiro atoms. The number of ketones is 1. The molecule has 258 valence electrons. The quantitative estimate of drug-likeness (QED) is 0.262. The fourth-order valence-electron chi connectivity index (χ4n) is 7.56. The number of hydrogen-bond donors (Lipinski definition) is 3. The number of fused-ring (bicyclic) bond motifs is 1. The summed E-state index contributed by atoms with van der Waals surface area (Å²) in [7, 11) is 2.16. The lowest BCUT2D eigenvalue weighted by Crippen LogP contribution is -2.56. The van der Waals surface area contributed by atoms with E-state index >= 15 is 0 Å². The van der Waals surface area contributed by atoms with Crippen LogP contribution in [0.3, 0.4) is 0 Å². The van der Waals surface area contributed by atoms with Crippen LogP contribution in [-0.4, -0.2) is 108 Å². The monoisotopic (exact) mass is 785 g/mol. The number of nitrogen functional groups attached to an aromatic ring is 1. The molecule has 0 aromatic heterocycles. The summed E-state index contributed by atoms with van der Waals surface area (Å²) >= 11 is 6.82. The zero-order chi connectivity index (χ0) is 33.9. The number of carbonyl (C=O) groups is 4. The molecule has 6 rings (SSSR count). The van der Waals surface area contributed by atoms with E-state index in [0.717, 1.165) is 63.1 Å². The van der Waals surface area contributed by atoms with Crippen molar-refractivity contribution in [2.45, 2.75) is 69.6 Å². The molecule has 3 fully saturated rings. The molecule has 0 aliphatic carbocycles. The minimum absolute atomic E-state index is 0.0173. The fraction of sp³-hybridized carbons (Fsp3) is 0.543. The van der Waals surface area contributed by atoms with Gasteiger partial charge in [-0.1, -0.05) is 18.2 Å². The van der Waals surface area contributed by atoms with Gasteiger partial charge in [-0.15, -0.1) is 0 Å². The summed E-state index contributed by atoms with van der Waals surface area (Å²) in [4.78, 5) is 62.8. The number of Topliss-reactive ketones (excluding diaryl/α,β-unsaturated/α-hetero) is 1. The highest BCUT2D eigenvalue weighted by atomic mass is 79.9. The van der Waals surface area contributed by atoms with E-state index < -0.39 is 6.04 Å². The van der Waals surface area contributed by atoms with Gasteiger partial charge in [0, 0.05) is 64.3 Å². The molecule has 3 saturated heterocycles. The number of rotatable bonds is 8. The van der Waals surface area contributed by atoms with Crippen molar-refractivity contribution in [1.82, 2.24) is 24.9 Å². The summed E-state index contributed by atoms with van der Waals surface area (Å²) in [6, 6.07) is 10.5. The van der Waals surface area contributed by atoms with Crippen molar-refractivity contribution in [2.24, 2.45) is 5.92 Å². The Kier molecular flexibility index (Phi) is 11.1. The van der Waals surface area contributed by atoms with Crippen molar-refractivity contribution in [2.75, 3.05) is 57.4 Å². The van der Waals surface area contributed by atoms with E-state index in [2.05, 4.69) is 59.3 Å². The standard InChI is InChI=1S/C35H45Br2N7O4/c1-41-12-8-25(9-13-41)42-14-6-22(7-15-42)33(46)39-30(20-31(45)24-18-27(36)32(38)28(37)19-24)34(47)43-16-10-26(11-17-43)44-21-23-4-2-3-5-29(23)40-35(44)48/h2-5,18-19,22,25-26,30H,6-17,20-21,38H2,1H3,(H,39,46)(H,40,48). The summed E-state index contributed by atoms with van der Waals surface area (Å²) in [6.07, 6.45) is 4.83. The Morgan fingerprint density at radius 1 is 0.917 bits per heavy atom. The van der Waals surface area contributed by atoms with Gasteiger partial charge < -0.3 is 36.0 Å². The Labute approximate surface area is 299 Å². The molecule has 48 heavy (non-hydrogen) atoms. The second-order valence-electron chi connectivity index (χ2n) is 13.7. The molecule has 13 heteroatoms. The van der Waals surface area contributed by atoms with Crippen molar-refractivity contribution < 1.29 is 19.2 Å². The summed E-state index contributed by atoms with van der Waals surface area (Å²) in [5.41, 5.74) is 8.83. The number of halogens is 2. The summed E-state index contributed by atoms with van der Waals surface area (Å²) in [6.45, 7) is 5.31. The lowest BCUT2D eigenvalue weighted by atomic mass is 9.92. The number of benzene rings is 2. The second kappa shape index (κ2) is 15.3. The maximum Gasteiger partial charge on any atom is 0.322 e. The highest BCUT2D eigenvalue weighted by molar-refractivity contribution is 9.11. The molecule has 2 aromatic rings. The average Bonchev–Trinajstić information content (AvgIpc) is 3.10. The van der Waals surface area contributed by atoms with Crippen LogP contribution in [0.5, 0.6) is 0 Å². The number of para-hydroxylation sites is 1. The van der Waals surface area contributed by atoms with Crippen molar-refractivity contribution >= 4 is 66.9 Å². The summed E-state index contributed by atoms with van der Waals surface area (Å²) in [5.74, 6) is -0.891. The third-order valence-electron chi connectivity index (χ3n) is 10.6. The third-order valence-corrected chi connectivity index (χ3v) is 11.9. The van der Waals surface area contributed by atoms with Gasteiger partial charge >= 0.3 is 6.03 Å².